The first kappa shape index (κ1) is 12.6. The zero-order chi connectivity index (χ0) is 13.4. The maximum Gasteiger partial charge on any atom is 0.128 e. The van der Waals surface area contributed by atoms with Gasteiger partial charge in [-0.3, -0.25) is 0 Å². The largest absolute Gasteiger partial charge is 0.485 e. The van der Waals surface area contributed by atoms with E-state index in [2.05, 4.69) is 15.9 Å². The van der Waals surface area contributed by atoms with Crippen molar-refractivity contribution in [2.24, 2.45) is 0 Å². The van der Waals surface area contributed by atoms with Gasteiger partial charge in [0, 0.05) is 28.1 Å². The standard InChI is InChI=1S/C15H12BrFO2/c16-12-4-2-1-3-10(12)15-8-13(18)11-6-5-9(17)7-14(11)19-15/h1-7,13,15,18H,8H2. The second-order valence-electron chi connectivity index (χ2n) is 4.56. The van der Waals surface area contributed by atoms with Gasteiger partial charge in [0.25, 0.3) is 0 Å². The SMILES string of the molecule is OC1CC(c2ccccc2Br)Oc2cc(F)ccc21. The quantitative estimate of drug-likeness (QED) is 0.854. The predicted octanol–water partition coefficient (Wildman–Crippen LogP) is 4.15. The summed E-state index contributed by atoms with van der Waals surface area (Å²) < 4.78 is 20.0. The molecule has 19 heavy (non-hydrogen) atoms. The molecule has 0 saturated carbocycles. The number of halogens is 2. The first-order valence-electron chi connectivity index (χ1n) is 6.04. The molecule has 1 heterocycles. The smallest absolute Gasteiger partial charge is 0.128 e. The molecule has 2 aromatic rings. The molecule has 1 aliphatic rings. The molecule has 0 aliphatic carbocycles. The summed E-state index contributed by atoms with van der Waals surface area (Å²) in [6.45, 7) is 0. The van der Waals surface area contributed by atoms with Crippen molar-refractivity contribution < 1.29 is 14.2 Å². The zero-order valence-corrected chi connectivity index (χ0v) is 11.6. The summed E-state index contributed by atoms with van der Waals surface area (Å²) in [7, 11) is 0. The zero-order valence-electron chi connectivity index (χ0n) is 10.0. The third-order valence-corrected chi connectivity index (χ3v) is 4.02. The van der Waals surface area contributed by atoms with Crippen LogP contribution in [0.2, 0.25) is 0 Å². The topological polar surface area (TPSA) is 29.5 Å². The Labute approximate surface area is 119 Å². The molecule has 1 aliphatic heterocycles. The third kappa shape index (κ3) is 2.38. The van der Waals surface area contributed by atoms with Crippen LogP contribution in [0.1, 0.15) is 29.8 Å². The monoisotopic (exact) mass is 322 g/mol. The molecular formula is C15H12BrFO2. The molecule has 0 fully saturated rings. The molecule has 2 atom stereocenters. The van der Waals surface area contributed by atoms with Crippen LogP contribution in [0, 0.1) is 5.82 Å². The molecule has 0 spiro atoms. The van der Waals surface area contributed by atoms with Gasteiger partial charge in [-0.1, -0.05) is 34.1 Å². The van der Waals surface area contributed by atoms with E-state index in [0.717, 1.165) is 10.0 Å². The summed E-state index contributed by atoms with van der Waals surface area (Å²) in [6, 6.07) is 11.9. The average Bonchev–Trinajstić information content (AvgIpc) is 2.38. The maximum atomic E-state index is 13.3. The molecule has 1 N–H and O–H groups in total. The lowest BCUT2D eigenvalue weighted by atomic mass is 9.95. The van der Waals surface area contributed by atoms with Crippen molar-refractivity contribution in [1.82, 2.24) is 0 Å². The van der Waals surface area contributed by atoms with Gasteiger partial charge < -0.3 is 9.84 Å². The van der Waals surface area contributed by atoms with Crippen molar-refractivity contribution in [2.45, 2.75) is 18.6 Å². The van der Waals surface area contributed by atoms with Crippen molar-refractivity contribution in [3.8, 4) is 5.75 Å². The van der Waals surface area contributed by atoms with E-state index < -0.39 is 6.10 Å². The van der Waals surface area contributed by atoms with Crippen LogP contribution in [0.15, 0.2) is 46.9 Å². The van der Waals surface area contributed by atoms with Crippen molar-refractivity contribution >= 4 is 15.9 Å². The van der Waals surface area contributed by atoms with E-state index in [0.29, 0.717) is 17.7 Å². The Kier molecular flexibility index (Phi) is 3.29. The summed E-state index contributed by atoms with van der Waals surface area (Å²) in [5, 5.41) is 10.2. The van der Waals surface area contributed by atoms with Crippen LogP contribution in [0.3, 0.4) is 0 Å². The summed E-state index contributed by atoms with van der Waals surface area (Å²) >= 11 is 3.47. The lowest BCUT2D eigenvalue weighted by Gasteiger charge is -2.30. The highest BCUT2D eigenvalue weighted by Gasteiger charge is 2.29. The molecule has 0 saturated heterocycles. The van der Waals surface area contributed by atoms with Crippen LogP contribution in [0.25, 0.3) is 0 Å². The Hall–Kier alpha value is -1.39. The van der Waals surface area contributed by atoms with E-state index in [-0.39, 0.29) is 11.9 Å². The summed E-state index contributed by atoms with van der Waals surface area (Å²) in [6.07, 6.45) is -0.456. The van der Waals surface area contributed by atoms with Crippen LogP contribution in [0.5, 0.6) is 5.75 Å². The fourth-order valence-electron chi connectivity index (χ4n) is 2.34. The van der Waals surface area contributed by atoms with E-state index in [9.17, 15) is 9.50 Å². The van der Waals surface area contributed by atoms with Crippen LogP contribution < -0.4 is 4.74 Å². The Morgan fingerprint density at radius 1 is 1.16 bits per heavy atom. The van der Waals surface area contributed by atoms with Crippen molar-refractivity contribution in [2.75, 3.05) is 0 Å². The molecule has 2 aromatic carbocycles. The van der Waals surface area contributed by atoms with Crippen LogP contribution in [-0.4, -0.2) is 5.11 Å². The van der Waals surface area contributed by atoms with E-state index in [1.54, 1.807) is 6.07 Å². The highest BCUT2D eigenvalue weighted by molar-refractivity contribution is 9.10. The molecule has 0 aromatic heterocycles. The van der Waals surface area contributed by atoms with Crippen LogP contribution >= 0.6 is 15.9 Å². The molecule has 3 rings (SSSR count). The number of aliphatic hydroxyl groups excluding tert-OH is 1. The lowest BCUT2D eigenvalue weighted by Crippen LogP contribution is -2.19. The van der Waals surface area contributed by atoms with Crippen molar-refractivity contribution in [1.29, 1.82) is 0 Å². The van der Waals surface area contributed by atoms with Crippen LogP contribution in [-0.2, 0) is 0 Å². The highest BCUT2D eigenvalue weighted by Crippen LogP contribution is 2.42. The van der Waals surface area contributed by atoms with Crippen LogP contribution in [0.4, 0.5) is 4.39 Å². The van der Waals surface area contributed by atoms with Crippen molar-refractivity contribution in [3.05, 3.63) is 63.9 Å². The van der Waals surface area contributed by atoms with Gasteiger partial charge in [0.05, 0.1) is 6.10 Å². The Balaban J connectivity index is 1.99. The number of fused-ring (bicyclic) bond motifs is 1. The van der Waals surface area contributed by atoms with Gasteiger partial charge in [-0.25, -0.2) is 4.39 Å². The molecule has 2 nitrogen and oxygen atoms in total. The summed E-state index contributed by atoms with van der Waals surface area (Å²) in [5.41, 5.74) is 1.60. The van der Waals surface area contributed by atoms with Gasteiger partial charge in [-0.2, -0.15) is 0 Å². The minimum Gasteiger partial charge on any atom is -0.485 e. The second kappa shape index (κ2) is 4.94. The number of aliphatic hydroxyl groups is 1. The van der Waals surface area contributed by atoms with Gasteiger partial charge in [0.2, 0.25) is 0 Å². The van der Waals surface area contributed by atoms with E-state index in [1.807, 2.05) is 24.3 Å². The number of ether oxygens (including phenoxy) is 1. The number of hydrogen-bond donors (Lipinski definition) is 1. The second-order valence-corrected chi connectivity index (χ2v) is 5.42. The van der Waals surface area contributed by atoms with Crippen molar-refractivity contribution in [3.63, 3.8) is 0 Å². The first-order valence-corrected chi connectivity index (χ1v) is 6.83. The Morgan fingerprint density at radius 2 is 1.95 bits per heavy atom. The Morgan fingerprint density at radius 3 is 2.74 bits per heavy atom. The third-order valence-electron chi connectivity index (χ3n) is 3.29. The molecule has 2 unspecified atom stereocenters. The van der Waals surface area contributed by atoms with Gasteiger partial charge >= 0.3 is 0 Å². The van der Waals surface area contributed by atoms with Gasteiger partial charge in [-0.15, -0.1) is 0 Å². The molecule has 98 valence electrons. The molecule has 0 bridgehead atoms. The minimum atomic E-state index is -0.638. The summed E-state index contributed by atoms with van der Waals surface area (Å²) in [4.78, 5) is 0. The van der Waals surface area contributed by atoms with Gasteiger partial charge in [-0.05, 0) is 18.2 Å². The van der Waals surface area contributed by atoms with E-state index in [1.165, 1.54) is 12.1 Å². The number of benzene rings is 2. The van der Waals surface area contributed by atoms with Gasteiger partial charge in [0.1, 0.15) is 17.7 Å². The maximum absolute atomic E-state index is 13.3. The first-order chi connectivity index (χ1) is 9.15. The Bertz CT molecular complexity index is 615. The normalized spacial score (nSPS) is 21.6. The molecule has 0 radical (unpaired) electrons. The number of hydrogen-bond acceptors (Lipinski definition) is 2. The molecule has 4 heteroatoms. The van der Waals surface area contributed by atoms with E-state index >= 15 is 0 Å². The average molecular weight is 323 g/mol. The molecule has 0 amide bonds. The van der Waals surface area contributed by atoms with Gasteiger partial charge in [0.15, 0.2) is 0 Å². The minimum absolute atomic E-state index is 0.278. The highest BCUT2D eigenvalue weighted by atomic mass is 79.9. The fourth-order valence-corrected chi connectivity index (χ4v) is 2.88. The fraction of sp³-hybridized carbons (Fsp3) is 0.200. The number of rotatable bonds is 1. The van der Waals surface area contributed by atoms with E-state index in [4.69, 9.17) is 4.74 Å². The summed E-state index contributed by atoms with van der Waals surface area (Å²) in [5.74, 6) is 0.0539. The lowest BCUT2D eigenvalue weighted by molar-refractivity contribution is 0.0650. The predicted molar refractivity (Wildman–Crippen MR) is 73.5 cm³/mol. The molecular weight excluding hydrogens is 311 g/mol.